The van der Waals surface area contributed by atoms with Crippen LogP contribution in [0.5, 0.6) is 5.75 Å². The van der Waals surface area contributed by atoms with Crippen molar-refractivity contribution in [1.29, 1.82) is 0 Å². The summed E-state index contributed by atoms with van der Waals surface area (Å²) in [5.41, 5.74) is 1.69. The molecule has 0 amide bonds. The first-order valence-electron chi connectivity index (χ1n) is 11.1. The molecular formula is C23H36N4O2. The maximum atomic E-state index is 5.69. The second-order valence-corrected chi connectivity index (χ2v) is 8.79. The predicted molar refractivity (Wildman–Crippen MR) is 117 cm³/mol. The Morgan fingerprint density at radius 1 is 1.17 bits per heavy atom. The number of rotatable bonds is 5. The van der Waals surface area contributed by atoms with Crippen molar-refractivity contribution in [3.05, 3.63) is 29.8 Å². The molecule has 6 nitrogen and oxygen atoms in total. The molecule has 4 rings (SSSR count). The topological polar surface area (TPSA) is 49.3 Å². The third kappa shape index (κ3) is 4.69. The van der Waals surface area contributed by atoms with Crippen LogP contribution in [0.1, 0.15) is 43.7 Å². The zero-order chi connectivity index (χ0) is 20.1. The van der Waals surface area contributed by atoms with Gasteiger partial charge in [0.1, 0.15) is 5.75 Å². The van der Waals surface area contributed by atoms with Crippen LogP contribution in [0.4, 0.5) is 0 Å². The van der Waals surface area contributed by atoms with Gasteiger partial charge in [0.25, 0.3) is 0 Å². The summed E-state index contributed by atoms with van der Waals surface area (Å²) in [5, 5.41) is 3.70. The van der Waals surface area contributed by atoms with Crippen molar-refractivity contribution in [2.24, 2.45) is 10.4 Å². The Kier molecular flexibility index (Phi) is 6.60. The Bertz CT molecular complexity index is 679. The Morgan fingerprint density at radius 3 is 2.62 bits per heavy atom. The highest BCUT2D eigenvalue weighted by Gasteiger charge is 2.42. The van der Waals surface area contributed by atoms with Crippen molar-refractivity contribution >= 4 is 5.96 Å². The smallest absolute Gasteiger partial charge is 0.193 e. The van der Waals surface area contributed by atoms with E-state index in [1.165, 1.54) is 50.8 Å². The number of guanidine groups is 1. The molecule has 2 atom stereocenters. The maximum Gasteiger partial charge on any atom is 0.193 e. The first-order chi connectivity index (χ1) is 14.2. The van der Waals surface area contributed by atoms with Crippen LogP contribution < -0.4 is 10.1 Å². The minimum absolute atomic E-state index is 0.347. The molecule has 3 aliphatic rings. The van der Waals surface area contributed by atoms with Crippen molar-refractivity contribution in [2.45, 2.75) is 38.1 Å². The van der Waals surface area contributed by atoms with E-state index in [4.69, 9.17) is 9.47 Å². The lowest BCUT2D eigenvalue weighted by atomic mass is 9.87. The van der Waals surface area contributed by atoms with Gasteiger partial charge < -0.3 is 19.7 Å². The molecule has 0 aliphatic carbocycles. The summed E-state index contributed by atoms with van der Waals surface area (Å²) in [6.07, 6.45) is 6.31. The fourth-order valence-electron chi connectivity index (χ4n) is 5.12. The first-order valence-corrected chi connectivity index (χ1v) is 11.1. The molecule has 3 saturated heterocycles. The summed E-state index contributed by atoms with van der Waals surface area (Å²) in [7, 11) is 3.63. The number of piperidine rings is 1. The van der Waals surface area contributed by atoms with Crippen LogP contribution in [0.3, 0.4) is 0 Å². The number of nitrogens with zero attached hydrogens (tertiary/aromatic N) is 3. The molecule has 0 saturated carbocycles. The fourth-order valence-corrected chi connectivity index (χ4v) is 5.12. The summed E-state index contributed by atoms with van der Waals surface area (Å²) in [6.45, 7) is 7.15. The average molecular weight is 401 g/mol. The highest BCUT2D eigenvalue weighted by molar-refractivity contribution is 5.80. The summed E-state index contributed by atoms with van der Waals surface area (Å²) < 4.78 is 11.1. The van der Waals surface area contributed by atoms with Crippen molar-refractivity contribution < 1.29 is 9.47 Å². The van der Waals surface area contributed by atoms with E-state index in [2.05, 4.69) is 44.4 Å². The van der Waals surface area contributed by atoms with Gasteiger partial charge in [-0.15, -0.1) is 0 Å². The molecule has 160 valence electrons. The van der Waals surface area contributed by atoms with Crippen LogP contribution in [0.15, 0.2) is 29.3 Å². The third-order valence-electron chi connectivity index (χ3n) is 6.92. The summed E-state index contributed by atoms with van der Waals surface area (Å²) in [6, 6.07) is 8.92. The van der Waals surface area contributed by atoms with E-state index in [0.29, 0.717) is 11.5 Å². The number of aliphatic imine (C=N–C) groups is 1. The fraction of sp³-hybridized carbons (Fsp3) is 0.696. The molecule has 2 unspecified atom stereocenters. The zero-order valence-corrected chi connectivity index (χ0v) is 18.0. The highest BCUT2D eigenvalue weighted by atomic mass is 16.5. The standard InChI is InChI=1S/C23H36N4O2/c1-24-22(27-14-10-23(17-27)11-15-29-18-23)25-16-21(26-12-4-3-5-13-26)19-6-8-20(28-2)9-7-19/h6-9,21H,3-5,10-18H2,1-2H3,(H,24,25). The average Bonchev–Trinajstić information content (AvgIpc) is 3.42. The van der Waals surface area contributed by atoms with Crippen molar-refractivity contribution in [1.82, 2.24) is 15.1 Å². The minimum Gasteiger partial charge on any atom is -0.497 e. The number of nitrogens with one attached hydrogen (secondary N) is 1. The van der Waals surface area contributed by atoms with Gasteiger partial charge in [-0.2, -0.15) is 0 Å². The van der Waals surface area contributed by atoms with Crippen LogP contribution in [0.25, 0.3) is 0 Å². The first kappa shape index (κ1) is 20.5. The molecule has 6 heteroatoms. The molecular weight excluding hydrogens is 364 g/mol. The minimum atomic E-state index is 0.347. The Balaban J connectivity index is 1.43. The number of hydrogen-bond acceptors (Lipinski definition) is 4. The largest absolute Gasteiger partial charge is 0.497 e. The molecule has 1 aromatic rings. The number of ether oxygens (including phenoxy) is 2. The molecule has 0 radical (unpaired) electrons. The number of likely N-dealkylation sites (tertiary alicyclic amines) is 2. The van der Waals surface area contributed by atoms with E-state index in [1.54, 1.807) is 7.11 Å². The van der Waals surface area contributed by atoms with Gasteiger partial charge in [-0.1, -0.05) is 18.6 Å². The SMILES string of the molecule is CN=C(NCC(c1ccc(OC)cc1)N1CCCCC1)N1CCC2(CCOC2)C1. The number of benzene rings is 1. The lowest BCUT2D eigenvalue weighted by molar-refractivity contribution is 0.156. The summed E-state index contributed by atoms with van der Waals surface area (Å²) >= 11 is 0. The molecule has 1 spiro atoms. The number of methoxy groups -OCH3 is 1. The lowest BCUT2D eigenvalue weighted by Crippen LogP contribution is -2.46. The number of hydrogen-bond donors (Lipinski definition) is 1. The van der Waals surface area contributed by atoms with Crippen molar-refractivity contribution in [3.63, 3.8) is 0 Å². The second-order valence-electron chi connectivity index (χ2n) is 8.79. The Morgan fingerprint density at radius 2 is 1.97 bits per heavy atom. The Labute approximate surface area is 175 Å². The molecule has 3 aliphatic heterocycles. The lowest BCUT2D eigenvalue weighted by Gasteiger charge is -2.36. The maximum absolute atomic E-state index is 5.69. The van der Waals surface area contributed by atoms with Crippen LogP contribution in [0.2, 0.25) is 0 Å². The summed E-state index contributed by atoms with van der Waals surface area (Å²) in [5.74, 6) is 1.94. The van der Waals surface area contributed by atoms with Gasteiger partial charge in [-0.3, -0.25) is 9.89 Å². The third-order valence-corrected chi connectivity index (χ3v) is 6.92. The van der Waals surface area contributed by atoms with Gasteiger partial charge >= 0.3 is 0 Å². The van der Waals surface area contributed by atoms with Crippen LogP contribution in [-0.4, -0.2) is 75.9 Å². The molecule has 1 N–H and O–H groups in total. The second kappa shape index (κ2) is 9.35. The van der Waals surface area contributed by atoms with Crippen LogP contribution in [-0.2, 0) is 4.74 Å². The highest BCUT2D eigenvalue weighted by Crippen LogP contribution is 2.38. The molecule has 29 heavy (non-hydrogen) atoms. The van der Waals surface area contributed by atoms with E-state index in [9.17, 15) is 0 Å². The van der Waals surface area contributed by atoms with E-state index >= 15 is 0 Å². The van der Waals surface area contributed by atoms with E-state index in [1.807, 2.05) is 7.05 Å². The Hall–Kier alpha value is -1.79. The van der Waals surface area contributed by atoms with Gasteiger partial charge in [0.2, 0.25) is 0 Å². The van der Waals surface area contributed by atoms with Crippen molar-refractivity contribution in [2.75, 3.05) is 60.1 Å². The van der Waals surface area contributed by atoms with E-state index < -0.39 is 0 Å². The van der Waals surface area contributed by atoms with Crippen LogP contribution in [0, 0.1) is 5.41 Å². The van der Waals surface area contributed by atoms with Gasteiger partial charge in [0.05, 0.1) is 19.8 Å². The van der Waals surface area contributed by atoms with E-state index in [-0.39, 0.29) is 0 Å². The van der Waals surface area contributed by atoms with Crippen LogP contribution >= 0.6 is 0 Å². The van der Waals surface area contributed by atoms with Gasteiger partial charge in [0.15, 0.2) is 5.96 Å². The molecule has 3 heterocycles. The quantitative estimate of drug-likeness (QED) is 0.608. The normalized spacial score (nSPS) is 26.8. The molecule has 3 fully saturated rings. The zero-order valence-electron chi connectivity index (χ0n) is 18.0. The summed E-state index contributed by atoms with van der Waals surface area (Å²) in [4.78, 5) is 9.67. The predicted octanol–water partition coefficient (Wildman–Crippen LogP) is 2.91. The molecule has 0 aromatic heterocycles. The van der Waals surface area contributed by atoms with Crippen molar-refractivity contribution in [3.8, 4) is 5.75 Å². The monoisotopic (exact) mass is 400 g/mol. The van der Waals surface area contributed by atoms with Gasteiger partial charge in [-0.05, 0) is 56.5 Å². The van der Waals surface area contributed by atoms with Gasteiger partial charge in [-0.25, -0.2) is 0 Å². The molecule has 0 bridgehead atoms. The van der Waals surface area contributed by atoms with Gasteiger partial charge in [0, 0.05) is 38.7 Å². The molecule has 1 aromatic carbocycles. The van der Waals surface area contributed by atoms with E-state index in [0.717, 1.165) is 44.6 Å².